The summed E-state index contributed by atoms with van der Waals surface area (Å²) in [5.74, 6) is -1.15. The Hall–Kier alpha value is -1.45. The Bertz CT molecular complexity index is 543. The maximum atomic E-state index is 12.5. The largest absolute Gasteiger partial charge is 0.337 e. The van der Waals surface area contributed by atoms with Crippen LogP contribution < -0.4 is 0 Å². The van der Waals surface area contributed by atoms with Crippen LogP contribution in [0.4, 0.5) is 0 Å². The molecule has 1 spiro atoms. The third-order valence-corrected chi connectivity index (χ3v) is 3.61. The average molecular weight is 258 g/mol. The van der Waals surface area contributed by atoms with Crippen LogP contribution in [0.25, 0.3) is 5.57 Å². The van der Waals surface area contributed by atoms with Crippen LogP contribution in [-0.4, -0.2) is 24.8 Å². The van der Waals surface area contributed by atoms with Gasteiger partial charge in [-0.05, 0) is 11.0 Å². The van der Waals surface area contributed by atoms with Gasteiger partial charge in [0.1, 0.15) is 0 Å². The summed E-state index contributed by atoms with van der Waals surface area (Å²) >= 11 is 0. The molecule has 0 bridgehead atoms. The number of hydrogen-bond acceptors (Lipinski definition) is 3. The first kappa shape index (κ1) is 12.6. The second-order valence-corrected chi connectivity index (χ2v) is 6.01. The van der Waals surface area contributed by atoms with Gasteiger partial charge in [-0.15, -0.1) is 0 Å². The zero-order chi connectivity index (χ0) is 13.7. The third kappa shape index (κ3) is 1.69. The van der Waals surface area contributed by atoms with Crippen molar-refractivity contribution in [1.29, 1.82) is 0 Å². The van der Waals surface area contributed by atoms with Crippen LogP contribution in [0.15, 0.2) is 35.9 Å². The standard InChI is InChI=1S/C16H18O3/c1-15(2,3)13-12(11-7-5-4-6-8-11)14(17)16(13)18-9-10-19-16/h4-8H,9-10H2,1-3H3. The number of ketones is 1. The molecule has 0 radical (unpaired) electrons. The average Bonchev–Trinajstić information content (AvgIpc) is 2.86. The molecule has 1 saturated heterocycles. The smallest absolute Gasteiger partial charge is 0.258 e. The SMILES string of the molecule is CC(C)(C)C1=C(c2ccccc2)C(=O)C12OCCO2. The molecule has 0 unspecified atom stereocenters. The summed E-state index contributed by atoms with van der Waals surface area (Å²) in [5.41, 5.74) is 2.51. The van der Waals surface area contributed by atoms with E-state index in [1.54, 1.807) is 0 Å². The summed E-state index contributed by atoms with van der Waals surface area (Å²) in [4.78, 5) is 12.5. The highest BCUT2D eigenvalue weighted by Crippen LogP contribution is 2.53. The van der Waals surface area contributed by atoms with Crippen LogP contribution in [-0.2, 0) is 14.3 Å². The lowest BCUT2D eigenvalue weighted by molar-refractivity contribution is -0.171. The van der Waals surface area contributed by atoms with E-state index in [0.717, 1.165) is 16.7 Å². The number of ether oxygens (including phenoxy) is 2. The predicted molar refractivity (Wildman–Crippen MR) is 72.5 cm³/mol. The maximum Gasteiger partial charge on any atom is 0.258 e. The number of Topliss-reactive ketones (excluding diaryl/α,β-unsaturated/α-hetero) is 1. The molecule has 1 aromatic rings. The highest BCUT2D eigenvalue weighted by Gasteiger charge is 2.61. The first-order valence-corrected chi connectivity index (χ1v) is 6.60. The van der Waals surface area contributed by atoms with Gasteiger partial charge in [-0.2, -0.15) is 0 Å². The minimum absolute atomic E-state index is 0.0406. The summed E-state index contributed by atoms with van der Waals surface area (Å²) in [6, 6.07) is 9.75. The summed E-state index contributed by atoms with van der Waals surface area (Å²) < 4.78 is 11.3. The summed E-state index contributed by atoms with van der Waals surface area (Å²) in [6.45, 7) is 7.22. The van der Waals surface area contributed by atoms with E-state index in [1.807, 2.05) is 30.3 Å². The highest BCUT2D eigenvalue weighted by atomic mass is 16.7. The molecule has 1 aliphatic heterocycles. The quantitative estimate of drug-likeness (QED) is 0.777. The van der Waals surface area contributed by atoms with Crippen LogP contribution in [0.2, 0.25) is 0 Å². The number of carbonyl (C=O) groups is 1. The van der Waals surface area contributed by atoms with Gasteiger partial charge in [0.05, 0.1) is 13.2 Å². The van der Waals surface area contributed by atoms with Gasteiger partial charge < -0.3 is 9.47 Å². The molecule has 1 aromatic carbocycles. The molecule has 19 heavy (non-hydrogen) atoms. The molecule has 1 fully saturated rings. The zero-order valence-corrected chi connectivity index (χ0v) is 11.5. The molecule has 0 aromatic heterocycles. The molecule has 0 atom stereocenters. The van der Waals surface area contributed by atoms with Crippen molar-refractivity contribution in [3.63, 3.8) is 0 Å². The topological polar surface area (TPSA) is 35.5 Å². The van der Waals surface area contributed by atoms with Gasteiger partial charge in [-0.1, -0.05) is 51.1 Å². The molecular formula is C16H18O3. The van der Waals surface area contributed by atoms with Gasteiger partial charge in [-0.3, -0.25) is 4.79 Å². The molecule has 3 nitrogen and oxygen atoms in total. The van der Waals surface area contributed by atoms with E-state index in [9.17, 15) is 4.79 Å². The summed E-state index contributed by atoms with van der Waals surface area (Å²) in [7, 11) is 0. The summed E-state index contributed by atoms with van der Waals surface area (Å²) in [5, 5.41) is 0. The lowest BCUT2D eigenvalue weighted by Gasteiger charge is -2.45. The van der Waals surface area contributed by atoms with E-state index >= 15 is 0 Å². The van der Waals surface area contributed by atoms with Gasteiger partial charge >= 0.3 is 0 Å². The maximum absolute atomic E-state index is 12.5. The Labute approximate surface area is 113 Å². The van der Waals surface area contributed by atoms with E-state index in [-0.39, 0.29) is 11.2 Å². The van der Waals surface area contributed by atoms with Gasteiger partial charge in [-0.25, -0.2) is 0 Å². The van der Waals surface area contributed by atoms with Crippen LogP contribution in [0.3, 0.4) is 0 Å². The minimum Gasteiger partial charge on any atom is -0.337 e. The third-order valence-electron chi connectivity index (χ3n) is 3.61. The van der Waals surface area contributed by atoms with Crippen molar-refractivity contribution >= 4 is 11.4 Å². The first-order valence-electron chi connectivity index (χ1n) is 6.60. The van der Waals surface area contributed by atoms with E-state index in [1.165, 1.54) is 0 Å². The lowest BCUT2D eigenvalue weighted by Crippen LogP contribution is -2.54. The van der Waals surface area contributed by atoms with Crippen LogP contribution in [0, 0.1) is 5.41 Å². The number of hydrogen-bond donors (Lipinski definition) is 0. The van der Waals surface area contributed by atoms with Crippen LogP contribution in [0.5, 0.6) is 0 Å². The second-order valence-electron chi connectivity index (χ2n) is 6.01. The second kappa shape index (κ2) is 4.02. The van der Waals surface area contributed by atoms with Crippen LogP contribution in [0.1, 0.15) is 26.3 Å². The van der Waals surface area contributed by atoms with Crippen molar-refractivity contribution in [3.05, 3.63) is 41.5 Å². The Kier molecular flexibility index (Phi) is 2.66. The highest BCUT2D eigenvalue weighted by molar-refractivity contribution is 6.34. The molecule has 0 saturated carbocycles. The number of benzene rings is 1. The number of carbonyl (C=O) groups excluding carboxylic acids is 1. The molecule has 0 N–H and O–H groups in total. The van der Waals surface area contributed by atoms with Crippen molar-refractivity contribution < 1.29 is 14.3 Å². The van der Waals surface area contributed by atoms with E-state index < -0.39 is 5.79 Å². The van der Waals surface area contributed by atoms with Crippen molar-refractivity contribution in [2.24, 2.45) is 5.41 Å². The van der Waals surface area contributed by atoms with E-state index in [2.05, 4.69) is 20.8 Å². The van der Waals surface area contributed by atoms with Gasteiger partial charge in [0.15, 0.2) is 0 Å². The fraction of sp³-hybridized carbons (Fsp3) is 0.438. The van der Waals surface area contributed by atoms with E-state index in [4.69, 9.17) is 9.47 Å². The lowest BCUT2D eigenvalue weighted by atomic mass is 9.66. The van der Waals surface area contributed by atoms with Gasteiger partial charge in [0, 0.05) is 11.1 Å². The van der Waals surface area contributed by atoms with Crippen molar-refractivity contribution in [1.82, 2.24) is 0 Å². The van der Waals surface area contributed by atoms with Crippen molar-refractivity contribution in [2.75, 3.05) is 13.2 Å². The van der Waals surface area contributed by atoms with E-state index in [0.29, 0.717) is 13.2 Å². The zero-order valence-electron chi connectivity index (χ0n) is 11.5. The monoisotopic (exact) mass is 258 g/mol. The molecule has 1 aliphatic carbocycles. The summed E-state index contributed by atoms with van der Waals surface area (Å²) in [6.07, 6.45) is 0. The fourth-order valence-corrected chi connectivity index (χ4v) is 2.93. The Morgan fingerprint density at radius 3 is 2.16 bits per heavy atom. The molecule has 3 rings (SSSR count). The predicted octanol–water partition coefficient (Wildman–Crippen LogP) is 2.81. The van der Waals surface area contributed by atoms with Crippen LogP contribution >= 0.6 is 0 Å². The van der Waals surface area contributed by atoms with Crippen molar-refractivity contribution in [2.45, 2.75) is 26.6 Å². The van der Waals surface area contributed by atoms with Gasteiger partial charge in [0.2, 0.25) is 5.78 Å². The Balaban J connectivity index is 2.17. The molecule has 3 heteroatoms. The molecular weight excluding hydrogens is 240 g/mol. The molecule has 2 aliphatic rings. The molecule has 0 amide bonds. The molecule has 100 valence electrons. The number of rotatable bonds is 1. The van der Waals surface area contributed by atoms with Gasteiger partial charge in [0.25, 0.3) is 5.79 Å². The molecule has 1 heterocycles. The Morgan fingerprint density at radius 1 is 1.05 bits per heavy atom. The first-order chi connectivity index (χ1) is 8.97. The fourth-order valence-electron chi connectivity index (χ4n) is 2.93. The van der Waals surface area contributed by atoms with Crippen molar-refractivity contribution in [3.8, 4) is 0 Å². The Morgan fingerprint density at radius 2 is 1.63 bits per heavy atom. The normalized spacial score (nSPS) is 21.9. The minimum atomic E-state index is -1.11.